The maximum absolute atomic E-state index is 13.5. The predicted octanol–water partition coefficient (Wildman–Crippen LogP) is 6.46. The molecule has 4 aliphatic rings. The van der Waals surface area contributed by atoms with E-state index < -0.39 is 12.0 Å². The van der Waals surface area contributed by atoms with E-state index in [0.29, 0.717) is 29.0 Å². The number of amides is 1. The van der Waals surface area contributed by atoms with Gasteiger partial charge in [-0.25, -0.2) is 13.6 Å². The molecule has 0 aromatic heterocycles. The Balaban J connectivity index is 1.43. The second kappa shape index (κ2) is 6.71. The molecule has 1 amide bonds. The summed E-state index contributed by atoms with van der Waals surface area (Å²) in [5.74, 6) is -1.07. The zero-order valence-electron chi connectivity index (χ0n) is 16.3. The molecule has 1 heterocycles. The van der Waals surface area contributed by atoms with Crippen molar-refractivity contribution in [1.82, 2.24) is 5.32 Å². The van der Waals surface area contributed by atoms with Crippen molar-refractivity contribution in [3.8, 4) is 11.5 Å². The van der Waals surface area contributed by atoms with Crippen LogP contribution < -0.4 is 10.1 Å². The minimum Gasteiger partial charge on any atom is -0.456 e. The van der Waals surface area contributed by atoms with Gasteiger partial charge in [0.2, 0.25) is 0 Å². The average molecular weight is 432 g/mol. The van der Waals surface area contributed by atoms with Crippen LogP contribution >= 0.6 is 11.6 Å². The second-order valence-electron chi connectivity index (χ2n) is 8.36. The second-order valence-corrected chi connectivity index (χ2v) is 8.76. The zero-order chi connectivity index (χ0) is 21.2. The van der Waals surface area contributed by atoms with Gasteiger partial charge in [-0.05, 0) is 66.1 Å². The normalized spacial score (nSPS) is 27.1. The molecule has 2 bridgehead atoms. The molecule has 4 nitrogen and oxygen atoms in total. The molecule has 1 saturated heterocycles. The Morgan fingerprint density at radius 1 is 1.20 bits per heavy atom. The summed E-state index contributed by atoms with van der Waals surface area (Å²) in [5.41, 5.74) is 2.75. The monoisotopic (exact) mass is 431 g/mol. The fourth-order valence-electron chi connectivity index (χ4n) is 4.84. The van der Waals surface area contributed by atoms with Crippen LogP contribution in [0.5, 0.6) is 11.5 Å². The number of alkyl halides is 2. The fourth-order valence-corrected chi connectivity index (χ4v) is 5.06. The van der Waals surface area contributed by atoms with Crippen LogP contribution in [0.4, 0.5) is 13.6 Å². The first kappa shape index (κ1) is 19.4. The van der Waals surface area contributed by atoms with Crippen molar-refractivity contribution in [1.29, 1.82) is 0 Å². The molecule has 6 rings (SSSR count). The van der Waals surface area contributed by atoms with Gasteiger partial charge in [-0.3, -0.25) is 5.32 Å². The highest BCUT2D eigenvalue weighted by molar-refractivity contribution is 6.32. The number of alkyl carbamates (subject to hydrolysis) is 1. The lowest BCUT2D eigenvalue weighted by atomic mass is 9.56. The first-order valence-corrected chi connectivity index (χ1v) is 10.2. The minimum absolute atomic E-state index is 0.0696. The minimum atomic E-state index is -2.97. The van der Waals surface area contributed by atoms with Gasteiger partial charge < -0.3 is 9.47 Å². The van der Waals surface area contributed by atoms with Gasteiger partial charge in [0.05, 0.1) is 10.7 Å². The lowest BCUT2D eigenvalue weighted by molar-refractivity contribution is 0.0174. The molecule has 1 aliphatic heterocycles. The summed E-state index contributed by atoms with van der Waals surface area (Å²) in [6, 6.07) is 9.82. The third-order valence-electron chi connectivity index (χ3n) is 6.37. The van der Waals surface area contributed by atoms with Gasteiger partial charge >= 0.3 is 6.09 Å². The molecule has 2 atom stereocenters. The Hall–Kier alpha value is -2.60. The lowest BCUT2D eigenvalue weighted by Crippen LogP contribution is -2.40. The van der Waals surface area contributed by atoms with Crippen molar-refractivity contribution in [3.63, 3.8) is 0 Å². The Morgan fingerprint density at radius 2 is 1.97 bits per heavy atom. The summed E-state index contributed by atoms with van der Waals surface area (Å²) < 4.78 is 38.4. The molecule has 7 heteroatoms. The first-order chi connectivity index (χ1) is 14.2. The van der Waals surface area contributed by atoms with Crippen molar-refractivity contribution >= 4 is 17.7 Å². The van der Waals surface area contributed by atoms with E-state index in [-0.39, 0.29) is 22.6 Å². The van der Waals surface area contributed by atoms with Crippen LogP contribution in [-0.2, 0) is 10.7 Å². The highest BCUT2D eigenvalue weighted by atomic mass is 35.5. The standard InChI is InChI=1S/C23H20ClF2NO3/c1-11-21(30-22(28)27-11)20-13-7-12(8-13)17-10-15(4-5-16(17)20)29-19-6-3-14(9-18(19)24)23(2,25)26/h3-6,9-10,12-13,20-21H,1,7-8H2,2H3,(H,27,28)/t12?,13?,20-,21?/m1/s1. The van der Waals surface area contributed by atoms with Gasteiger partial charge in [0.25, 0.3) is 5.92 Å². The number of cyclic esters (lactones) is 1. The van der Waals surface area contributed by atoms with Crippen molar-refractivity contribution in [2.24, 2.45) is 5.92 Å². The van der Waals surface area contributed by atoms with Crippen molar-refractivity contribution in [2.75, 3.05) is 0 Å². The van der Waals surface area contributed by atoms with Crippen LogP contribution in [0.3, 0.4) is 0 Å². The highest BCUT2D eigenvalue weighted by Crippen LogP contribution is 2.58. The van der Waals surface area contributed by atoms with Crippen molar-refractivity contribution in [3.05, 3.63) is 70.4 Å². The van der Waals surface area contributed by atoms with Crippen LogP contribution in [0.25, 0.3) is 0 Å². The molecule has 3 aliphatic carbocycles. The number of nitrogens with one attached hydrogen (secondary N) is 1. The summed E-state index contributed by atoms with van der Waals surface area (Å²) in [7, 11) is 0. The highest BCUT2D eigenvalue weighted by Gasteiger charge is 2.50. The topological polar surface area (TPSA) is 47.6 Å². The zero-order valence-corrected chi connectivity index (χ0v) is 17.0. The molecule has 156 valence electrons. The number of ether oxygens (including phenoxy) is 2. The first-order valence-electron chi connectivity index (χ1n) is 9.86. The molecule has 0 radical (unpaired) electrons. The number of carbonyl (C=O) groups is 1. The Morgan fingerprint density at radius 3 is 2.60 bits per heavy atom. The number of hydrogen-bond acceptors (Lipinski definition) is 3. The van der Waals surface area contributed by atoms with E-state index in [2.05, 4.69) is 11.9 Å². The Bertz CT molecular complexity index is 1060. The van der Waals surface area contributed by atoms with E-state index in [9.17, 15) is 13.6 Å². The number of carbonyl (C=O) groups excluding carboxylic acids is 1. The quantitative estimate of drug-likeness (QED) is 0.604. The van der Waals surface area contributed by atoms with Crippen LogP contribution in [0.2, 0.25) is 5.02 Å². The summed E-state index contributed by atoms with van der Waals surface area (Å²) in [5, 5.41) is 2.78. The van der Waals surface area contributed by atoms with Gasteiger partial charge in [0, 0.05) is 18.4 Å². The number of hydrogen-bond donors (Lipinski definition) is 1. The summed E-state index contributed by atoms with van der Waals surface area (Å²) in [4.78, 5) is 11.6. The number of rotatable bonds is 4. The van der Waals surface area contributed by atoms with E-state index in [0.717, 1.165) is 25.3 Å². The molecule has 1 saturated carbocycles. The van der Waals surface area contributed by atoms with Crippen LogP contribution in [0.15, 0.2) is 48.7 Å². The average Bonchev–Trinajstić information content (AvgIpc) is 2.98. The van der Waals surface area contributed by atoms with Gasteiger partial charge in [-0.2, -0.15) is 0 Å². The molecule has 1 N–H and O–H groups in total. The number of halogens is 3. The Labute approximate surface area is 177 Å². The molecule has 2 aromatic rings. The van der Waals surface area contributed by atoms with E-state index >= 15 is 0 Å². The Kier molecular flexibility index (Phi) is 4.33. The molecule has 30 heavy (non-hydrogen) atoms. The van der Waals surface area contributed by atoms with Crippen molar-refractivity contribution < 1.29 is 23.0 Å². The van der Waals surface area contributed by atoms with Crippen LogP contribution in [-0.4, -0.2) is 12.2 Å². The van der Waals surface area contributed by atoms with E-state index in [1.54, 1.807) is 0 Å². The van der Waals surface area contributed by atoms with Gasteiger partial charge in [0.15, 0.2) is 6.10 Å². The molecular weight excluding hydrogens is 412 g/mol. The van der Waals surface area contributed by atoms with Crippen LogP contribution in [0, 0.1) is 5.92 Å². The largest absolute Gasteiger partial charge is 0.456 e. The van der Waals surface area contributed by atoms with E-state index in [1.165, 1.54) is 23.8 Å². The molecule has 1 unspecified atom stereocenters. The smallest absolute Gasteiger partial charge is 0.412 e. The van der Waals surface area contributed by atoms with Crippen LogP contribution in [0.1, 0.15) is 48.3 Å². The van der Waals surface area contributed by atoms with Gasteiger partial charge in [-0.1, -0.05) is 24.2 Å². The van der Waals surface area contributed by atoms with E-state index in [4.69, 9.17) is 21.1 Å². The SMILES string of the molecule is C=C1NC(=O)OC1[C@H]1c2ccc(Oc3ccc(C(C)(F)F)cc3Cl)cc2C2CC1C2. The third-order valence-corrected chi connectivity index (χ3v) is 6.67. The predicted molar refractivity (Wildman–Crippen MR) is 108 cm³/mol. The maximum atomic E-state index is 13.5. The molecule has 2 aromatic carbocycles. The summed E-state index contributed by atoms with van der Waals surface area (Å²) in [6.45, 7) is 4.77. The van der Waals surface area contributed by atoms with Gasteiger partial charge in [-0.15, -0.1) is 0 Å². The van der Waals surface area contributed by atoms with Crippen molar-refractivity contribution in [2.45, 2.75) is 43.6 Å². The molecular formula is C23H20ClF2NO3. The number of benzene rings is 2. The maximum Gasteiger partial charge on any atom is 0.412 e. The summed E-state index contributed by atoms with van der Waals surface area (Å²) in [6.07, 6.45) is 1.24. The molecule has 2 fully saturated rings. The summed E-state index contributed by atoms with van der Waals surface area (Å²) >= 11 is 6.18. The van der Waals surface area contributed by atoms with E-state index in [1.807, 2.05) is 18.2 Å². The fraction of sp³-hybridized carbons (Fsp3) is 0.348. The molecule has 0 spiro atoms. The van der Waals surface area contributed by atoms with Gasteiger partial charge in [0.1, 0.15) is 11.5 Å². The lowest BCUT2D eigenvalue weighted by Gasteiger charge is -2.49. The third kappa shape index (κ3) is 3.14.